The van der Waals surface area contributed by atoms with Crippen molar-refractivity contribution in [1.29, 1.82) is 0 Å². The second kappa shape index (κ2) is 11.9. The number of amides is 2. The Morgan fingerprint density at radius 2 is 2.02 bits per heavy atom. The summed E-state index contributed by atoms with van der Waals surface area (Å²) >= 11 is 6.45. The molecule has 1 fully saturated rings. The Morgan fingerprint density at radius 3 is 2.77 bits per heavy atom. The van der Waals surface area contributed by atoms with Crippen molar-refractivity contribution < 1.29 is 23.8 Å². The average molecular weight is 568 g/mol. The maximum Gasteiger partial charge on any atom is 0.255 e. The van der Waals surface area contributed by atoms with Gasteiger partial charge in [-0.15, -0.1) is 0 Å². The van der Waals surface area contributed by atoms with Crippen LogP contribution in [-0.2, 0) is 16.1 Å². The van der Waals surface area contributed by atoms with Gasteiger partial charge in [0.05, 0.1) is 29.6 Å². The van der Waals surface area contributed by atoms with Crippen molar-refractivity contribution in [3.8, 4) is 11.3 Å². The van der Waals surface area contributed by atoms with E-state index in [1.165, 1.54) is 17.2 Å². The molecule has 2 aliphatic rings. The number of anilines is 1. The van der Waals surface area contributed by atoms with Gasteiger partial charge >= 0.3 is 0 Å². The van der Waals surface area contributed by atoms with Gasteiger partial charge in [-0.05, 0) is 44.4 Å². The van der Waals surface area contributed by atoms with E-state index in [0.29, 0.717) is 41.0 Å². The normalized spacial score (nSPS) is 16.9. The molecule has 2 unspecified atom stereocenters. The second-order valence-corrected chi connectivity index (χ2v) is 10.6. The minimum Gasteiger partial charge on any atom is -0.394 e. The molecule has 2 aliphatic heterocycles. The number of rotatable bonds is 8. The van der Waals surface area contributed by atoms with E-state index in [9.17, 15) is 19.1 Å². The van der Waals surface area contributed by atoms with Crippen LogP contribution in [0.4, 0.5) is 10.3 Å². The van der Waals surface area contributed by atoms with Crippen LogP contribution in [-0.4, -0.2) is 63.7 Å². The number of hydrogen-bond donors (Lipinski definition) is 3. The molecule has 2 aromatic carbocycles. The number of nitrogens with one attached hydrogen (secondary N) is 2. The zero-order chi connectivity index (χ0) is 28.4. The summed E-state index contributed by atoms with van der Waals surface area (Å²) in [5, 5.41) is 16.2. The number of carbonyl (C=O) groups is 2. The van der Waals surface area contributed by atoms with Gasteiger partial charge in [0, 0.05) is 42.5 Å². The van der Waals surface area contributed by atoms with Gasteiger partial charge < -0.3 is 25.4 Å². The molecule has 0 spiro atoms. The molecule has 9 nitrogen and oxygen atoms in total. The van der Waals surface area contributed by atoms with Crippen LogP contribution in [0, 0.1) is 12.7 Å². The van der Waals surface area contributed by atoms with Gasteiger partial charge in [0.1, 0.15) is 11.9 Å². The highest BCUT2D eigenvalue weighted by atomic mass is 35.5. The first-order valence-corrected chi connectivity index (χ1v) is 13.6. The zero-order valence-corrected chi connectivity index (χ0v) is 23.0. The molecular formula is C29H31ClFN5O4. The van der Waals surface area contributed by atoms with E-state index in [-0.39, 0.29) is 24.1 Å². The highest BCUT2D eigenvalue weighted by molar-refractivity contribution is 6.33. The topological polar surface area (TPSA) is 117 Å². The summed E-state index contributed by atoms with van der Waals surface area (Å²) in [5.41, 5.74) is 3.36. The van der Waals surface area contributed by atoms with Gasteiger partial charge in [-0.25, -0.2) is 14.4 Å². The number of aryl methyl sites for hydroxylation is 1. The lowest BCUT2D eigenvalue weighted by molar-refractivity contribution is -0.126. The number of fused-ring (bicyclic) bond motifs is 1. The summed E-state index contributed by atoms with van der Waals surface area (Å²) in [5.74, 6) is -0.880. The van der Waals surface area contributed by atoms with Crippen LogP contribution in [0.1, 0.15) is 52.9 Å². The van der Waals surface area contributed by atoms with Crippen LogP contribution < -0.4 is 10.6 Å². The van der Waals surface area contributed by atoms with E-state index in [4.69, 9.17) is 16.3 Å². The number of ether oxygens (including phenoxy) is 1. The van der Waals surface area contributed by atoms with Gasteiger partial charge in [-0.1, -0.05) is 41.4 Å². The smallest absolute Gasteiger partial charge is 0.255 e. The number of aliphatic hydroxyl groups is 1. The molecule has 0 saturated carbocycles. The van der Waals surface area contributed by atoms with Crippen molar-refractivity contribution in [3.63, 3.8) is 0 Å². The first-order chi connectivity index (χ1) is 19.2. The molecule has 0 bridgehead atoms. The van der Waals surface area contributed by atoms with Crippen molar-refractivity contribution >= 4 is 29.4 Å². The molecule has 0 aliphatic carbocycles. The molecule has 2 amide bonds. The first kappa shape index (κ1) is 27.9. The summed E-state index contributed by atoms with van der Waals surface area (Å²) in [6.45, 7) is 4.52. The highest BCUT2D eigenvalue weighted by Crippen LogP contribution is 2.32. The average Bonchev–Trinajstić information content (AvgIpc) is 3.29. The molecule has 3 aromatic rings. The lowest BCUT2D eigenvalue weighted by Crippen LogP contribution is -2.46. The van der Waals surface area contributed by atoms with E-state index in [0.717, 1.165) is 24.0 Å². The largest absolute Gasteiger partial charge is 0.394 e. The number of halogens is 2. The van der Waals surface area contributed by atoms with Crippen LogP contribution in [0.3, 0.4) is 0 Å². The van der Waals surface area contributed by atoms with Crippen molar-refractivity contribution in [2.45, 2.75) is 51.4 Å². The maximum absolute atomic E-state index is 14.4. The number of benzene rings is 2. The number of nitrogens with zero attached hydrogens (tertiary/aromatic N) is 3. The quantitative estimate of drug-likeness (QED) is 0.376. The van der Waals surface area contributed by atoms with Gasteiger partial charge in [0.25, 0.3) is 5.91 Å². The minimum absolute atomic E-state index is 0.191. The lowest BCUT2D eigenvalue weighted by Gasteiger charge is -2.26. The lowest BCUT2D eigenvalue weighted by atomic mass is 10.0. The molecule has 0 radical (unpaired) electrons. The number of carbonyl (C=O) groups excluding carboxylic acids is 2. The Balaban J connectivity index is 1.31. The molecule has 2 atom stereocenters. The third kappa shape index (κ3) is 5.79. The molecule has 40 heavy (non-hydrogen) atoms. The molecule has 1 saturated heterocycles. The van der Waals surface area contributed by atoms with Gasteiger partial charge in [0.2, 0.25) is 11.9 Å². The van der Waals surface area contributed by atoms with Crippen molar-refractivity contribution in [2.24, 2.45) is 0 Å². The van der Waals surface area contributed by atoms with Gasteiger partial charge in [-0.3, -0.25) is 9.59 Å². The number of hydrogen-bond acceptors (Lipinski definition) is 7. The van der Waals surface area contributed by atoms with Crippen molar-refractivity contribution in [2.75, 3.05) is 25.1 Å². The van der Waals surface area contributed by atoms with E-state index in [1.807, 2.05) is 12.1 Å². The molecule has 5 rings (SSSR count). The van der Waals surface area contributed by atoms with E-state index in [1.54, 1.807) is 32.0 Å². The Kier molecular flexibility index (Phi) is 8.30. The summed E-state index contributed by atoms with van der Waals surface area (Å²) in [7, 11) is 0. The van der Waals surface area contributed by atoms with Crippen LogP contribution in [0.25, 0.3) is 11.3 Å². The predicted molar refractivity (Wildman–Crippen MR) is 148 cm³/mol. The fourth-order valence-electron chi connectivity index (χ4n) is 5.03. The third-order valence-electron chi connectivity index (χ3n) is 7.39. The summed E-state index contributed by atoms with van der Waals surface area (Å²) < 4.78 is 19.8. The molecule has 3 N–H and O–H groups in total. The molecular weight excluding hydrogens is 537 g/mol. The van der Waals surface area contributed by atoms with Crippen LogP contribution in [0.2, 0.25) is 5.02 Å². The Morgan fingerprint density at radius 1 is 1.25 bits per heavy atom. The molecule has 11 heteroatoms. The fourth-order valence-corrected chi connectivity index (χ4v) is 5.23. The first-order valence-electron chi connectivity index (χ1n) is 13.2. The van der Waals surface area contributed by atoms with Crippen LogP contribution >= 0.6 is 11.6 Å². The van der Waals surface area contributed by atoms with E-state index < -0.39 is 30.4 Å². The fraction of sp³-hybridized carbons (Fsp3) is 0.379. The summed E-state index contributed by atoms with van der Waals surface area (Å²) in [6, 6.07) is 8.31. The van der Waals surface area contributed by atoms with E-state index >= 15 is 0 Å². The molecule has 3 heterocycles. The maximum atomic E-state index is 14.4. The Bertz CT molecular complexity index is 1430. The summed E-state index contributed by atoms with van der Waals surface area (Å²) in [4.78, 5) is 36.9. The predicted octanol–water partition coefficient (Wildman–Crippen LogP) is 4.03. The monoisotopic (exact) mass is 567 g/mol. The minimum atomic E-state index is -0.939. The van der Waals surface area contributed by atoms with Gasteiger partial charge in [-0.2, -0.15) is 0 Å². The number of aliphatic hydroxyl groups excluding tert-OH is 1. The highest BCUT2D eigenvalue weighted by Gasteiger charge is 2.35. The van der Waals surface area contributed by atoms with Crippen LogP contribution in [0.5, 0.6) is 0 Å². The zero-order valence-electron chi connectivity index (χ0n) is 22.3. The van der Waals surface area contributed by atoms with Crippen molar-refractivity contribution in [3.05, 3.63) is 75.7 Å². The number of aromatic nitrogens is 2. The van der Waals surface area contributed by atoms with Crippen molar-refractivity contribution in [1.82, 2.24) is 20.2 Å². The SMILES string of the molecule is Cc1ccc(F)c(C(CO)NC(=O)C(C)N2Cc3ccc(-c4nc(NC5CCOCC5)ncc4Cl)cc3C2=O)c1. The Hall–Kier alpha value is -3.60. The van der Waals surface area contributed by atoms with E-state index in [2.05, 4.69) is 20.6 Å². The molecule has 1 aromatic heterocycles. The standard InChI is InChI=1S/C29H31ClFN5O4/c1-16-3-6-24(31)22(11-16)25(15-37)34-27(38)17(2)36-14-19-5-4-18(12-21(19)28(36)39)26-23(30)13-32-29(35-26)33-20-7-9-40-10-8-20/h3-6,11-13,17,20,25,37H,7-10,14-15H2,1-2H3,(H,34,38)(H,32,33,35). The summed E-state index contributed by atoms with van der Waals surface area (Å²) in [6.07, 6.45) is 3.25. The third-order valence-corrected chi connectivity index (χ3v) is 7.66. The van der Waals surface area contributed by atoms with Gasteiger partial charge in [0.15, 0.2) is 0 Å². The van der Waals surface area contributed by atoms with Crippen LogP contribution in [0.15, 0.2) is 42.6 Å². The Labute approximate surface area is 236 Å². The second-order valence-electron chi connectivity index (χ2n) is 10.2. The molecule has 210 valence electrons.